The first-order valence-corrected chi connectivity index (χ1v) is 8.43. The zero-order chi connectivity index (χ0) is 18.8. The zero-order valence-electron chi connectivity index (χ0n) is 15.0. The van der Waals surface area contributed by atoms with E-state index in [1.54, 1.807) is 11.6 Å². The highest BCUT2D eigenvalue weighted by atomic mass is 16.5. The second-order valence-electron chi connectivity index (χ2n) is 6.24. The minimum absolute atomic E-state index is 0.0806. The normalized spacial score (nSPS) is 12.5. The largest absolute Gasteiger partial charge is 0.491 e. The number of hydrogen-bond acceptors (Lipinski definition) is 5. The second kappa shape index (κ2) is 7.17. The Kier molecular flexibility index (Phi) is 4.94. The van der Waals surface area contributed by atoms with Gasteiger partial charge in [-0.05, 0) is 24.1 Å². The second-order valence-corrected chi connectivity index (χ2v) is 6.24. The molecule has 1 aromatic carbocycles. The predicted octanol–water partition coefficient (Wildman–Crippen LogP) is 0.436. The van der Waals surface area contributed by atoms with E-state index < -0.39 is 17.4 Å². The summed E-state index contributed by atoms with van der Waals surface area (Å²) in [5.74, 6) is 0.676. The molecule has 0 saturated carbocycles. The average molecular weight is 358 g/mol. The number of rotatable bonds is 6. The number of imidazole rings is 1. The Morgan fingerprint density at radius 3 is 2.50 bits per heavy atom. The Morgan fingerprint density at radius 1 is 1.15 bits per heavy atom. The van der Waals surface area contributed by atoms with Gasteiger partial charge in [0.1, 0.15) is 18.5 Å². The van der Waals surface area contributed by atoms with Crippen LogP contribution in [0.1, 0.15) is 12.5 Å². The summed E-state index contributed by atoms with van der Waals surface area (Å²) in [4.78, 5) is 28.5. The third-order valence-corrected chi connectivity index (χ3v) is 4.40. The SMILES string of the molecule is CCc1ccc(OCC(O)Cn2cnc3c2c(=O)n(C)c(=O)n3C)cc1. The Morgan fingerprint density at radius 2 is 1.85 bits per heavy atom. The topological polar surface area (TPSA) is 91.3 Å². The maximum Gasteiger partial charge on any atom is 0.332 e. The van der Waals surface area contributed by atoms with Crippen molar-refractivity contribution in [1.82, 2.24) is 18.7 Å². The molecule has 3 aromatic rings. The monoisotopic (exact) mass is 358 g/mol. The lowest BCUT2D eigenvalue weighted by molar-refractivity contribution is 0.0933. The minimum Gasteiger partial charge on any atom is -0.491 e. The molecule has 1 unspecified atom stereocenters. The van der Waals surface area contributed by atoms with Gasteiger partial charge in [0.15, 0.2) is 11.2 Å². The first kappa shape index (κ1) is 17.9. The minimum atomic E-state index is -0.833. The van der Waals surface area contributed by atoms with Crippen LogP contribution in [0.2, 0.25) is 0 Å². The summed E-state index contributed by atoms with van der Waals surface area (Å²) in [6.45, 7) is 2.29. The van der Waals surface area contributed by atoms with Crippen LogP contribution in [0.3, 0.4) is 0 Å². The van der Waals surface area contributed by atoms with Gasteiger partial charge in [-0.2, -0.15) is 0 Å². The van der Waals surface area contributed by atoms with Crippen LogP contribution >= 0.6 is 0 Å². The van der Waals surface area contributed by atoms with E-state index >= 15 is 0 Å². The third-order valence-electron chi connectivity index (χ3n) is 4.40. The molecule has 0 saturated heterocycles. The molecule has 8 nitrogen and oxygen atoms in total. The molecule has 2 heterocycles. The van der Waals surface area contributed by atoms with Crippen molar-refractivity contribution in [1.29, 1.82) is 0 Å². The maximum atomic E-state index is 12.4. The predicted molar refractivity (Wildman–Crippen MR) is 97.5 cm³/mol. The van der Waals surface area contributed by atoms with E-state index in [4.69, 9.17) is 4.74 Å². The molecule has 26 heavy (non-hydrogen) atoms. The average Bonchev–Trinajstić information content (AvgIpc) is 3.07. The number of hydrogen-bond donors (Lipinski definition) is 1. The van der Waals surface area contributed by atoms with Gasteiger partial charge in [0, 0.05) is 14.1 Å². The number of aryl methyl sites for hydroxylation is 2. The van der Waals surface area contributed by atoms with Crippen LogP contribution in [0, 0.1) is 0 Å². The van der Waals surface area contributed by atoms with Gasteiger partial charge in [-0.3, -0.25) is 13.9 Å². The van der Waals surface area contributed by atoms with Crippen molar-refractivity contribution in [3.63, 3.8) is 0 Å². The highest BCUT2D eigenvalue weighted by Crippen LogP contribution is 2.13. The lowest BCUT2D eigenvalue weighted by atomic mass is 10.2. The van der Waals surface area contributed by atoms with E-state index in [0.29, 0.717) is 11.4 Å². The van der Waals surface area contributed by atoms with Crippen molar-refractivity contribution in [2.24, 2.45) is 14.1 Å². The molecule has 0 spiro atoms. The van der Waals surface area contributed by atoms with E-state index in [0.717, 1.165) is 11.0 Å². The standard InChI is InChI=1S/C18H22N4O4/c1-4-12-5-7-14(8-6-12)26-10-13(23)9-22-11-19-16-15(22)17(24)21(3)18(25)20(16)2/h5-8,11,13,23H,4,9-10H2,1-3H3. The highest BCUT2D eigenvalue weighted by Gasteiger charge is 2.16. The summed E-state index contributed by atoms with van der Waals surface area (Å²) in [5, 5.41) is 10.3. The van der Waals surface area contributed by atoms with E-state index in [1.165, 1.54) is 23.5 Å². The summed E-state index contributed by atoms with van der Waals surface area (Å²) in [7, 11) is 2.97. The first-order valence-electron chi connectivity index (χ1n) is 8.43. The van der Waals surface area contributed by atoms with Crippen LogP contribution in [0.25, 0.3) is 11.2 Å². The van der Waals surface area contributed by atoms with E-state index in [2.05, 4.69) is 11.9 Å². The van der Waals surface area contributed by atoms with Gasteiger partial charge in [-0.15, -0.1) is 0 Å². The molecule has 0 bridgehead atoms. The fraction of sp³-hybridized carbons (Fsp3) is 0.389. The Balaban J connectivity index is 1.76. The van der Waals surface area contributed by atoms with Gasteiger partial charge in [-0.25, -0.2) is 9.78 Å². The van der Waals surface area contributed by atoms with Crippen LogP contribution in [-0.2, 0) is 27.1 Å². The van der Waals surface area contributed by atoms with Crippen LogP contribution in [0.15, 0.2) is 40.2 Å². The maximum absolute atomic E-state index is 12.4. The van der Waals surface area contributed by atoms with Gasteiger partial charge in [0.05, 0.1) is 12.9 Å². The number of aromatic nitrogens is 4. The molecule has 138 valence electrons. The fourth-order valence-electron chi connectivity index (χ4n) is 2.83. The molecule has 0 radical (unpaired) electrons. The first-order chi connectivity index (χ1) is 12.4. The van der Waals surface area contributed by atoms with Gasteiger partial charge < -0.3 is 14.4 Å². The molecular formula is C18H22N4O4. The molecule has 0 amide bonds. The number of ether oxygens (including phenoxy) is 1. The Bertz CT molecular complexity index is 1030. The van der Waals surface area contributed by atoms with Crippen molar-refractivity contribution in [3.05, 3.63) is 57.0 Å². The van der Waals surface area contributed by atoms with Crippen molar-refractivity contribution in [2.45, 2.75) is 26.0 Å². The summed E-state index contributed by atoms with van der Waals surface area (Å²) in [6.07, 6.45) is 1.57. The number of fused-ring (bicyclic) bond motifs is 1. The number of benzene rings is 1. The molecule has 1 N–H and O–H groups in total. The molecule has 3 rings (SSSR count). The van der Waals surface area contributed by atoms with Crippen LogP contribution in [0.4, 0.5) is 0 Å². The van der Waals surface area contributed by atoms with Gasteiger partial charge in [0.2, 0.25) is 0 Å². The summed E-state index contributed by atoms with van der Waals surface area (Å²) < 4.78 is 9.49. The zero-order valence-corrected chi connectivity index (χ0v) is 15.0. The van der Waals surface area contributed by atoms with Gasteiger partial charge >= 0.3 is 5.69 Å². The number of aliphatic hydroxyl groups excluding tert-OH is 1. The van der Waals surface area contributed by atoms with Gasteiger partial charge in [-0.1, -0.05) is 19.1 Å². The molecule has 0 aliphatic heterocycles. The van der Waals surface area contributed by atoms with Crippen LogP contribution < -0.4 is 16.0 Å². The summed E-state index contributed by atoms with van der Waals surface area (Å²) in [5.41, 5.74) is 0.905. The summed E-state index contributed by atoms with van der Waals surface area (Å²) >= 11 is 0. The highest BCUT2D eigenvalue weighted by molar-refractivity contribution is 5.69. The Hall–Kier alpha value is -2.87. The quantitative estimate of drug-likeness (QED) is 0.690. The molecule has 8 heteroatoms. The summed E-state index contributed by atoms with van der Waals surface area (Å²) in [6, 6.07) is 7.69. The van der Waals surface area contributed by atoms with Crippen LogP contribution in [-0.4, -0.2) is 36.5 Å². The van der Waals surface area contributed by atoms with E-state index in [9.17, 15) is 14.7 Å². The van der Waals surface area contributed by atoms with Crippen molar-refractivity contribution >= 4 is 11.2 Å². The lowest BCUT2D eigenvalue weighted by Gasteiger charge is -2.14. The molecular weight excluding hydrogens is 336 g/mol. The molecule has 0 fully saturated rings. The van der Waals surface area contributed by atoms with Crippen molar-refractivity contribution in [2.75, 3.05) is 6.61 Å². The van der Waals surface area contributed by atoms with Gasteiger partial charge in [0.25, 0.3) is 5.56 Å². The number of nitrogens with zero attached hydrogens (tertiary/aromatic N) is 4. The fourth-order valence-corrected chi connectivity index (χ4v) is 2.83. The lowest BCUT2D eigenvalue weighted by Crippen LogP contribution is -2.38. The van der Waals surface area contributed by atoms with E-state index in [1.807, 2.05) is 24.3 Å². The third kappa shape index (κ3) is 3.28. The van der Waals surface area contributed by atoms with Crippen molar-refractivity contribution in [3.8, 4) is 5.75 Å². The molecule has 1 atom stereocenters. The number of aliphatic hydroxyl groups is 1. The molecule has 0 aliphatic rings. The van der Waals surface area contributed by atoms with E-state index in [-0.39, 0.29) is 18.7 Å². The molecule has 0 aliphatic carbocycles. The Labute approximate surface area is 149 Å². The van der Waals surface area contributed by atoms with Crippen LogP contribution in [0.5, 0.6) is 5.75 Å². The van der Waals surface area contributed by atoms with Crippen molar-refractivity contribution < 1.29 is 9.84 Å². The smallest absolute Gasteiger partial charge is 0.332 e. The molecule has 2 aromatic heterocycles.